The maximum absolute atomic E-state index is 14.8. The van der Waals surface area contributed by atoms with Crippen LogP contribution in [0.2, 0.25) is 5.02 Å². The molecule has 1 aliphatic carbocycles. The number of carbonyl (C=O) groups excluding carboxylic acids is 7. The van der Waals surface area contributed by atoms with Gasteiger partial charge in [0.15, 0.2) is 0 Å². The quantitative estimate of drug-likeness (QED) is 0.251. The number of benzene rings is 1. The summed E-state index contributed by atoms with van der Waals surface area (Å²) in [6.45, 7) is 5.52. The van der Waals surface area contributed by atoms with E-state index in [2.05, 4.69) is 20.7 Å². The number of carbonyl (C=O) groups is 7. The van der Waals surface area contributed by atoms with E-state index in [0.717, 1.165) is 4.90 Å². The van der Waals surface area contributed by atoms with Gasteiger partial charge in [-0.15, -0.1) is 0 Å². The average molecular weight is 930 g/mol. The fraction of sp³-hybridized carbons (Fsp3) is 0.705. The van der Waals surface area contributed by atoms with Crippen LogP contribution >= 0.6 is 11.6 Å². The second-order valence-corrected chi connectivity index (χ2v) is 18.4. The lowest BCUT2D eigenvalue weighted by molar-refractivity contribution is -0.258. The highest BCUT2D eigenvalue weighted by Crippen LogP contribution is 2.38. The fourth-order valence-electron chi connectivity index (χ4n) is 8.32. The first-order valence-corrected chi connectivity index (χ1v) is 22.3. The van der Waals surface area contributed by atoms with Crippen LogP contribution in [0.5, 0.6) is 0 Å². The number of rotatable bonds is 13. The first-order valence-electron chi connectivity index (χ1n) is 22.0. The lowest BCUT2D eigenvalue weighted by Crippen LogP contribution is -2.62. The molecule has 358 valence electrons. The first kappa shape index (κ1) is 52.1. The van der Waals surface area contributed by atoms with Crippen LogP contribution < -0.4 is 16.0 Å². The van der Waals surface area contributed by atoms with Gasteiger partial charge in [-0.25, -0.2) is 4.39 Å². The van der Waals surface area contributed by atoms with E-state index in [9.17, 15) is 51.1 Å². The van der Waals surface area contributed by atoms with Crippen molar-refractivity contribution >= 4 is 53.0 Å². The van der Waals surface area contributed by atoms with Crippen LogP contribution in [0.15, 0.2) is 24.3 Å². The van der Waals surface area contributed by atoms with E-state index in [4.69, 9.17) is 11.6 Å². The molecule has 0 unspecified atom stereocenters. The first-order chi connectivity index (χ1) is 29.9. The third kappa shape index (κ3) is 12.6. The van der Waals surface area contributed by atoms with E-state index < -0.39 is 109 Å². The number of nitrogens with one attached hydrogen (secondary N) is 3. The number of ether oxygens (including phenoxy) is 1. The Bertz CT molecular complexity index is 1870. The monoisotopic (exact) mass is 929 g/mol. The molecule has 3 N–H and O–H groups in total. The fourth-order valence-corrected chi connectivity index (χ4v) is 8.53. The van der Waals surface area contributed by atoms with Gasteiger partial charge in [-0.05, 0) is 81.4 Å². The number of likely N-dealkylation sites (N-methyl/N-ethyl adjacent to an activating group) is 3. The van der Waals surface area contributed by atoms with Gasteiger partial charge < -0.3 is 40.3 Å². The van der Waals surface area contributed by atoms with Crippen LogP contribution in [-0.2, 0) is 44.7 Å². The Morgan fingerprint density at radius 2 is 1.66 bits per heavy atom. The van der Waals surface area contributed by atoms with Gasteiger partial charge in [0.05, 0.1) is 6.54 Å². The summed E-state index contributed by atoms with van der Waals surface area (Å²) in [5.74, 6) is -6.18. The normalized spacial score (nSPS) is 26.0. The summed E-state index contributed by atoms with van der Waals surface area (Å²) in [4.78, 5) is 103. The van der Waals surface area contributed by atoms with E-state index in [0.29, 0.717) is 68.0 Å². The molecule has 0 aromatic heterocycles. The molecule has 8 atom stereocenters. The van der Waals surface area contributed by atoms with E-state index >= 15 is 0 Å². The topological polar surface area (TPSA) is 178 Å². The third-order valence-corrected chi connectivity index (χ3v) is 12.7. The number of alkyl halides is 4. The molecule has 0 spiro atoms. The molecule has 4 rings (SSSR count). The smallest absolute Gasteiger partial charge is 0.361 e. The van der Waals surface area contributed by atoms with Crippen molar-refractivity contribution in [2.24, 2.45) is 11.8 Å². The van der Waals surface area contributed by atoms with Crippen LogP contribution in [0.4, 0.5) is 17.6 Å². The highest BCUT2D eigenvalue weighted by molar-refractivity contribution is 6.30. The highest BCUT2D eigenvalue weighted by Gasteiger charge is 2.61. The van der Waals surface area contributed by atoms with Gasteiger partial charge in [0.1, 0.15) is 42.4 Å². The van der Waals surface area contributed by atoms with Gasteiger partial charge in [-0.1, -0.05) is 50.9 Å². The minimum Gasteiger partial charge on any atom is -0.361 e. The van der Waals surface area contributed by atoms with Crippen molar-refractivity contribution in [3.8, 4) is 0 Å². The number of amides is 7. The minimum absolute atomic E-state index is 0.0286. The zero-order chi connectivity index (χ0) is 47.8. The summed E-state index contributed by atoms with van der Waals surface area (Å²) in [6.07, 6.45) is -4.83. The molecular weight excluding hydrogens is 866 g/mol. The number of nitrogens with zero attached hydrogens (tertiary/aromatic N) is 4. The van der Waals surface area contributed by atoms with Crippen LogP contribution in [0.3, 0.4) is 0 Å². The molecule has 0 radical (unpaired) electrons. The Kier molecular flexibility index (Phi) is 18.0. The zero-order valence-corrected chi connectivity index (χ0v) is 38.7. The molecule has 20 heteroatoms. The summed E-state index contributed by atoms with van der Waals surface area (Å²) in [7, 11) is 5.09. The second kappa shape index (κ2) is 22.1. The lowest BCUT2D eigenvalue weighted by atomic mass is 9.98. The molecule has 3 fully saturated rings. The van der Waals surface area contributed by atoms with Crippen molar-refractivity contribution in [3.05, 3.63) is 34.9 Å². The molecule has 15 nitrogen and oxygen atoms in total. The lowest BCUT2D eigenvalue weighted by Gasteiger charge is -2.36. The zero-order valence-electron chi connectivity index (χ0n) is 37.9. The van der Waals surface area contributed by atoms with E-state index in [1.807, 2.05) is 20.8 Å². The van der Waals surface area contributed by atoms with Crippen molar-refractivity contribution in [3.63, 3.8) is 0 Å². The van der Waals surface area contributed by atoms with Crippen LogP contribution in [-0.4, -0.2) is 156 Å². The second-order valence-electron chi connectivity index (χ2n) is 17.9. The van der Waals surface area contributed by atoms with E-state index in [-0.39, 0.29) is 37.6 Å². The predicted molar refractivity (Wildman–Crippen MR) is 229 cm³/mol. The van der Waals surface area contributed by atoms with E-state index in [1.165, 1.54) is 23.9 Å². The third-order valence-electron chi connectivity index (χ3n) is 12.5. The Morgan fingerprint density at radius 3 is 2.23 bits per heavy atom. The maximum Gasteiger partial charge on any atom is 0.426 e. The van der Waals surface area contributed by atoms with Gasteiger partial charge in [0, 0.05) is 52.7 Å². The Balaban J connectivity index is 1.67. The molecule has 1 aromatic carbocycles. The van der Waals surface area contributed by atoms with Crippen molar-refractivity contribution in [2.45, 2.75) is 146 Å². The van der Waals surface area contributed by atoms with Gasteiger partial charge in [-0.3, -0.25) is 33.6 Å². The van der Waals surface area contributed by atoms with Gasteiger partial charge in [-0.2, -0.15) is 13.2 Å². The number of methoxy groups -OCH3 is 1. The average Bonchev–Trinajstić information content (AvgIpc) is 4.00. The number of hydrogen-bond acceptors (Lipinski definition) is 8. The Labute approximate surface area is 377 Å². The molecule has 2 saturated heterocycles. The summed E-state index contributed by atoms with van der Waals surface area (Å²) >= 11 is 6.29. The maximum atomic E-state index is 14.8. The summed E-state index contributed by atoms with van der Waals surface area (Å²) < 4.78 is 61.4. The van der Waals surface area contributed by atoms with Crippen molar-refractivity contribution < 1.29 is 55.9 Å². The van der Waals surface area contributed by atoms with Crippen molar-refractivity contribution in [1.82, 2.24) is 35.6 Å². The molecule has 64 heavy (non-hydrogen) atoms. The minimum atomic E-state index is -5.20. The van der Waals surface area contributed by atoms with Crippen molar-refractivity contribution in [1.29, 1.82) is 0 Å². The van der Waals surface area contributed by atoms with Gasteiger partial charge in [0.2, 0.25) is 41.0 Å². The highest BCUT2D eigenvalue weighted by atomic mass is 35.5. The molecule has 1 saturated carbocycles. The van der Waals surface area contributed by atoms with Crippen molar-refractivity contribution in [2.75, 3.05) is 41.3 Å². The van der Waals surface area contributed by atoms with Gasteiger partial charge >= 0.3 is 6.18 Å². The molecule has 7 amide bonds. The van der Waals surface area contributed by atoms with Crippen LogP contribution in [0.1, 0.15) is 91.0 Å². The molecule has 3 aliphatic rings. The molecular formula is C44H64ClF4N7O8. The molecule has 2 heterocycles. The van der Waals surface area contributed by atoms with E-state index in [1.54, 1.807) is 31.3 Å². The molecule has 2 aliphatic heterocycles. The molecule has 0 bridgehead atoms. The predicted octanol–water partition coefficient (Wildman–Crippen LogP) is 3.80. The molecule has 1 aromatic rings. The van der Waals surface area contributed by atoms with Gasteiger partial charge in [0.25, 0.3) is 5.91 Å². The Hall–Kier alpha value is -4.52. The largest absolute Gasteiger partial charge is 0.426 e. The number of halogens is 5. The Morgan fingerprint density at radius 1 is 1.00 bits per heavy atom. The summed E-state index contributed by atoms with van der Waals surface area (Å²) in [5, 5.41) is 8.73. The van der Waals surface area contributed by atoms with Crippen LogP contribution in [0.25, 0.3) is 0 Å². The summed E-state index contributed by atoms with van der Waals surface area (Å²) in [6, 6.07) is -0.590. The SMILES string of the molecule is CCC[C@H]1NC(=O)[C@H](Cc2cccc(Cl)c2)N(C)C(=O)[C@H](CC(C)C)NC(=O)[C@@H](N(C)C(=O)[C@@H](NC(=O)[C@@H]2C[C@@H](F)CN2C(=O)[C@@](C)(OC)C(F)(F)F)C2CC2)CCCCN(C)C1=O. The summed E-state index contributed by atoms with van der Waals surface area (Å²) in [5.41, 5.74) is -2.73. The standard InChI is InChI=1S/C44H64ClF4N7O8/c1-9-13-30-39(60)53(5)19-11-10-16-32(36(57)51-31(20-25(2)3)40(61)55(7)33(37(58)50-30)22-26-14-12-15-28(45)21-26)54(6)41(62)35(27-17-18-27)52-38(59)34-23-29(46)24-56(34)42(63)43(4,64-8)44(47,48)49/h12,14-15,21,25,27,29-35H,9-11,13,16-20,22-24H2,1-8H3,(H,50,58)(H,51,57)(H,52,59)/t29-,30-,31+,32+,33+,34+,35+,43-/m1/s1. The number of hydrogen-bond donors (Lipinski definition) is 3. The van der Waals surface area contributed by atoms with Crippen LogP contribution in [0, 0.1) is 11.8 Å². The number of likely N-dealkylation sites (tertiary alicyclic amines) is 1.